The second-order valence-electron chi connectivity index (χ2n) is 4.23. The van der Waals surface area contributed by atoms with Crippen molar-refractivity contribution in [3.05, 3.63) is 41.6 Å². The maximum absolute atomic E-state index is 12.2. The molecule has 0 aliphatic heterocycles. The summed E-state index contributed by atoms with van der Waals surface area (Å²) in [6.07, 6.45) is 0. The van der Waals surface area contributed by atoms with E-state index in [9.17, 15) is 9.90 Å². The van der Waals surface area contributed by atoms with Crippen molar-refractivity contribution in [1.82, 2.24) is 4.98 Å². The fraction of sp³-hybridized carbons (Fsp3) is 0.143. The number of aromatic nitrogens is 1. The molecule has 0 bridgehead atoms. The van der Waals surface area contributed by atoms with E-state index in [1.54, 1.807) is 25.1 Å². The van der Waals surface area contributed by atoms with Gasteiger partial charge >= 0.3 is 0 Å². The zero-order valence-electron chi connectivity index (χ0n) is 11.2. The second kappa shape index (κ2) is 5.48. The van der Waals surface area contributed by atoms with E-state index in [2.05, 4.69) is 10.3 Å². The Balaban J connectivity index is 2.30. The SMILES string of the molecule is COc1ccc(N)c(C(=O)Nc2nc(C)ccc2O)c1. The summed E-state index contributed by atoms with van der Waals surface area (Å²) in [6, 6.07) is 7.88. The molecule has 1 aromatic carbocycles. The van der Waals surface area contributed by atoms with Crippen molar-refractivity contribution >= 4 is 17.4 Å². The van der Waals surface area contributed by atoms with Crippen molar-refractivity contribution < 1.29 is 14.6 Å². The van der Waals surface area contributed by atoms with Crippen LogP contribution in [0.25, 0.3) is 0 Å². The van der Waals surface area contributed by atoms with Gasteiger partial charge < -0.3 is 20.9 Å². The van der Waals surface area contributed by atoms with Crippen LogP contribution in [0.5, 0.6) is 11.5 Å². The van der Waals surface area contributed by atoms with Gasteiger partial charge in [0.05, 0.1) is 12.7 Å². The molecule has 104 valence electrons. The summed E-state index contributed by atoms with van der Waals surface area (Å²) in [5.74, 6) is 0.0446. The number of nitrogens with zero attached hydrogens (tertiary/aromatic N) is 1. The number of aryl methyl sites for hydroxylation is 1. The molecule has 4 N–H and O–H groups in total. The minimum atomic E-state index is -0.463. The first kappa shape index (κ1) is 13.7. The predicted molar refractivity (Wildman–Crippen MR) is 76.0 cm³/mol. The van der Waals surface area contributed by atoms with Crippen molar-refractivity contribution in [3.63, 3.8) is 0 Å². The molecule has 2 rings (SSSR count). The van der Waals surface area contributed by atoms with Crippen molar-refractivity contribution in [2.45, 2.75) is 6.92 Å². The van der Waals surface area contributed by atoms with Gasteiger partial charge in [-0.05, 0) is 37.3 Å². The topological polar surface area (TPSA) is 97.5 Å². The second-order valence-corrected chi connectivity index (χ2v) is 4.23. The number of nitrogen functional groups attached to an aromatic ring is 1. The zero-order chi connectivity index (χ0) is 14.7. The highest BCUT2D eigenvalue weighted by Crippen LogP contribution is 2.24. The van der Waals surface area contributed by atoms with Crippen LogP contribution in [-0.2, 0) is 0 Å². The lowest BCUT2D eigenvalue weighted by Crippen LogP contribution is -2.15. The van der Waals surface area contributed by atoms with Crippen LogP contribution in [0.2, 0.25) is 0 Å². The summed E-state index contributed by atoms with van der Waals surface area (Å²) in [7, 11) is 1.50. The molecule has 1 amide bonds. The normalized spacial score (nSPS) is 10.1. The molecule has 0 unspecified atom stereocenters. The van der Waals surface area contributed by atoms with Crippen LogP contribution in [0, 0.1) is 6.92 Å². The third-order valence-corrected chi connectivity index (χ3v) is 2.75. The molecule has 0 saturated carbocycles. The number of aromatic hydroxyl groups is 1. The number of nitrogens with two attached hydrogens (primary N) is 1. The molecule has 0 aliphatic carbocycles. The fourth-order valence-corrected chi connectivity index (χ4v) is 1.68. The molecule has 0 atom stereocenters. The van der Waals surface area contributed by atoms with Crippen LogP contribution in [0.15, 0.2) is 30.3 Å². The number of nitrogens with one attached hydrogen (secondary N) is 1. The average molecular weight is 273 g/mol. The number of anilines is 2. The number of amides is 1. The summed E-state index contributed by atoms with van der Waals surface area (Å²) in [5, 5.41) is 12.2. The van der Waals surface area contributed by atoms with E-state index in [0.29, 0.717) is 17.1 Å². The molecule has 0 aliphatic rings. The quantitative estimate of drug-likeness (QED) is 0.742. The lowest BCUT2D eigenvalue weighted by atomic mass is 10.1. The number of benzene rings is 1. The van der Waals surface area contributed by atoms with Gasteiger partial charge in [0.15, 0.2) is 11.6 Å². The largest absolute Gasteiger partial charge is 0.504 e. The molecule has 0 saturated heterocycles. The van der Waals surface area contributed by atoms with Crippen molar-refractivity contribution in [3.8, 4) is 11.5 Å². The minimum absolute atomic E-state index is 0.0946. The van der Waals surface area contributed by atoms with Gasteiger partial charge in [-0.1, -0.05) is 0 Å². The van der Waals surface area contributed by atoms with E-state index in [0.717, 1.165) is 0 Å². The first-order chi connectivity index (χ1) is 9.51. The number of carbonyl (C=O) groups excluding carboxylic acids is 1. The van der Waals surface area contributed by atoms with E-state index in [-0.39, 0.29) is 17.1 Å². The van der Waals surface area contributed by atoms with Crippen LogP contribution in [0.3, 0.4) is 0 Å². The third-order valence-electron chi connectivity index (χ3n) is 2.75. The van der Waals surface area contributed by atoms with Gasteiger partial charge in [0, 0.05) is 11.4 Å². The lowest BCUT2D eigenvalue weighted by molar-refractivity contribution is 0.102. The van der Waals surface area contributed by atoms with Gasteiger partial charge in [-0.3, -0.25) is 4.79 Å². The molecular weight excluding hydrogens is 258 g/mol. The van der Waals surface area contributed by atoms with E-state index < -0.39 is 5.91 Å². The first-order valence-electron chi connectivity index (χ1n) is 5.92. The van der Waals surface area contributed by atoms with Gasteiger partial charge in [-0.2, -0.15) is 0 Å². The molecule has 0 radical (unpaired) electrons. The fourth-order valence-electron chi connectivity index (χ4n) is 1.68. The molecule has 0 fully saturated rings. The highest BCUT2D eigenvalue weighted by atomic mass is 16.5. The van der Waals surface area contributed by atoms with Crippen LogP contribution >= 0.6 is 0 Å². The molecule has 20 heavy (non-hydrogen) atoms. The standard InChI is InChI=1S/C14H15N3O3/c1-8-3-6-12(18)13(16-8)17-14(19)10-7-9(20-2)4-5-11(10)15/h3-7,18H,15H2,1-2H3,(H,16,17,19). The molecule has 6 nitrogen and oxygen atoms in total. The summed E-state index contributed by atoms with van der Waals surface area (Å²) >= 11 is 0. The molecule has 6 heteroatoms. The van der Waals surface area contributed by atoms with Gasteiger partial charge in [0.1, 0.15) is 5.75 Å². The molecule has 1 aromatic heterocycles. The Labute approximate surface area is 116 Å². The minimum Gasteiger partial charge on any atom is -0.504 e. The molecule has 2 aromatic rings. The Bertz CT molecular complexity index is 656. The summed E-state index contributed by atoms with van der Waals surface area (Å²) in [4.78, 5) is 16.2. The summed E-state index contributed by atoms with van der Waals surface area (Å²) < 4.78 is 5.05. The van der Waals surface area contributed by atoms with Gasteiger partial charge in [0.2, 0.25) is 0 Å². The number of ether oxygens (including phenoxy) is 1. The van der Waals surface area contributed by atoms with E-state index >= 15 is 0 Å². The van der Waals surface area contributed by atoms with E-state index in [1.807, 2.05) is 0 Å². The van der Waals surface area contributed by atoms with Crippen LogP contribution in [0.1, 0.15) is 16.1 Å². The van der Waals surface area contributed by atoms with Gasteiger partial charge in [-0.25, -0.2) is 4.98 Å². The average Bonchev–Trinajstić information content (AvgIpc) is 2.43. The number of methoxy groups -OCH3 is 1. The molecule has 0 spiro atoms. The Hall–Kier alpha value is -2.76. The van der Waals surface area contributed by atoms with E-state index in [4.69, 9.17) is 10.5 Å². The molecular formula is C14H15N3O3. The first-order valence-corrected chi connectivity index (χ1v) is 5.92. The number of carbonyl (C=O) groups is 1. The Morgan fingerprint density at radius 2 is 2.10 bits per heavy atom. The number of rotatable bonds is 3. The predicted octanol–water partition coefficient (Wildman–Crippen LogP) is 1.94. The molecule has 1 heterocycles. The maximum Gasteiger partial charge on any atom is 0.259 e. The van der Waals surface area contributed by atoms with Crippen molar-refractivity contribution in [2.75, 3.05) is 18.2 Å². The van der Waals surface area contributed by atoms with E-state index in [1.165, 1.54) is 19.2 Å². The van der Waals surface area contributed by atoms with Crippen LogP contribution in [0.4, 0.5) is 11.5 Å². The number of hydrogen-bond acceptors (Lipinski definition) is 5. The highest BCUT2D eigenvalue weighted by Gasteiger charge is 2.14. The smallest absolute Gasteiger partial charge is 0.259 e. The van der Waals surface area contributed by atoms with Crippen molar-refractivity contribution in [2.24, 2.45) is 0 Å². The zero-order valence-corrected chi connectivity index (χ0v) is 11.2. The third kappa shape index (κ3) is 2.80. The van der Waals surface area contributed by atoms with Gasteiger partial charge in [-0.15, -0.1) is 0 Å². The van der Waals surface area contributed by atoms with Gasteiger partial charge in [0.25, 0.3) is 5.91 Å². The maximum atomic E-state index is 12.2. The van der Waals surface area contributed by atoms with Crippen LogP contribution in [-0.4, -0.2) is 23.1 Å². The van der Waals surface area contributed by atoms with Crippen LogP contribution < -0.4 is 15.8 Å². The Morgan fingerprint density at radius 1 is 1.35 bits per heavy atom. The number of pyridine rings is 1. The highest BCUT2D eigenvalue weighted by molar-refractivity contribution is 6.08. The Morgan fingerprint density at radius 3 is 2.80 bits per heavy atom. The summed E-state index contributed by atoms with van der Waals surface area (Å²) in [5.41, 5.74) is 7.02. The lowest BCUT2D eigenvalue weighted by Gasteiger charge is -2.10. The van der Waals surface area contributed by atoms with Crippen molar-refractivity contribution in [1.29, 1.82) is 0 Å². The summed E-state index contributed by atoms with van der Waals surface area (Å²) in [6.45, 7) is 1.76. The Kier molecular flexibility index (Phi) is 3.74. The number of hydrogen-bond donors (Lipinski definition) is 3. The monoisotopic (exact) mass is 273 g/mol.